The Kier molecular flexibility index (Phi) is 6.41. The topological polar surface area (TPSA) is 51.2 Å². The summed E-state index contributed by atoms with van der Waals surface area (Å²) in [5, 5.41) is 2.40. The molecule has 0 fully saturated rings. The summed E-state index contributed by atoms with van der Waals surface area (Å²) in [6.45, 7) is 4.00. The molecule has 0 aliphatic heterocycles. The van der Waals surface area contributed by atoms with Crippen molar-refractivity contribution in [3.05, 3.63) is 22.6 Å². The lowest BCUT2D eigenvalue weighted by Crippen LogP contribution is -2.06. The molecule has 90 valence electrons. The van der Waals surface area contributed by atoms with Crippen molar-refractivity contribution in [1.82, 2.24) is 4.98 Å². The van der Waals surface area contributed by atoms with E-state index >= 15 is 0 Å². The molecule has 4 nitrogen and oxygen atoms in total. The Bertz CT molecular complexity index is 372. The van der Waals surface area contributed by atoms with Crippen LogP contribution in [0.25, 0.3) is 0 Å². The first-order valence-corrected chi connectivity index (χ1v) is 5.10. The minimum Gasteiger partial charge on any atom is -0.465 e. The van der Waals surface area contributed by atoms with E-state index < -0.39 is 11.8 Å². The second-order valence-corrected chi connectivity index (χ2v) is 2.76. The highest BCUT2D eigenvalue weighted by Crippen LogP contribution is 2.20. The Labute approximate surface area is 98.8 Å². The predicted octanol–water partition coefficient (Wildman–Crippen LogP) is 2.73. The molecule has 0 amide bonds. The SMILES string of the molecule is CC.CNc1nc(Cl)c(C(=O)OC)cc1F. The van der Waals surface area contributed by atoms with Crippen molar-refractivity contribution in [2.24, 2.45) is 0 Å². The van der Waals surface area contributed by atoms with Gasteiger partial charge in [0, 0.05) is 7.05 Å². The summed E-state index contributed by atoms with van der Waals surface area (Å²) in [6.07, 6.45) is 0. The molecule has 1 aromatic heterocycles. The van der Waals surface area contributed by atoms with Crippen molar-refractivity contribution in [3.63, 3.8) is 0 Å². The molecule has 1 heterocycles. The second-order valence-electron chi connectivity index (χ2n) is 2.40. The number of nitrogens with one attached hydrogen (secondary N) is 1. The Morgan fingerprint density at radius 1 is 1.56 bits per heavy atom. The predicted molar refractivity (Wildman–Crippen MR) is 61.4 cm³/mol. The zero-order chi connectivity index (χ0) is 12.7. The first-order chi connectivity index (χ1) is 7.60. The zero-order valence-corrected chi connectivity index (χ0v) is 10.4. The van der Waals surface area contributed by atoms with E-state index in [0.717, 1.165) is 6.07 Å². The molecule has 1 rings (SSSR count). The van der Waals surface area contributed by atoms with Crippen LogP contribution in [0.3, 0.4) is 0 Å². The van der Waals surface area contributed by atoms with E-state index in [2.05, 4.69) is 15.0 Å². The van der Waals surface area contributed by atoms with E-state index in [9.17, 15) is 9.18 Å². The second kappa shape index (κ2) is 7.00. The summed E-state index contributed by atoms with van der Waals surface area (Å²) >= 11 is 5.64. The number of ether oxygens (including phenoxy) is 1. The molecule has 0 atom stereocenters. The van der Waals surface area contributed by atoms with Crippen molar-refractivity contribution < 1.29 is 13.9 Å². The van der Waals surface area contributed by atoms with Gasteiger partial charge >= 0.3 is 5.97 Å². The van der Waals surface area contributed by atoms with Crippen molar-refractivity contribution in [1.29, 1.82) is 0 Å². The number of carbonyl (C=O) groups is 1. The van der Waals surface area contributed by atoms with Gasteiger partial charge in [0.1, 0.15) is 10.7 Å². The quantitative estimate of drug-likeness (QED) is 0.646. The number of carbonyl (C=O) groups excluding carboxylic acids is 1. The number of pyridine rings is 1. The zero-order valence-electron chi connectivity index (χ0n) is 9.60. The van der Waals surface area contributed by atoms with Gasteiger partial charge in [-0.2, -0.15) is 0 Å². The number of aromatic nitrogens is 1. The van der Waals surface area contributed by atoms with Crippen LogP contribution in [0, 0.1) is 5.82 Å². The van der Waals surface area contributed by atoms with E-state index in [1.165, 1.54) is 14.2 Å². The summed E-state index contributed by atoms with van der Waals surface area (Å²) in [5.74, 6) is -1.39. The number of anilines is 1. The lowest BCUT2D eigenvalue weighted by Gasteiger charge is -2.05. The number of rotatable bonds is 2. The van der Waals surface area contributed by atoms with E-state index in [4.69, 9.17) is 11.6 Å². The van der Waals surface area contributed by atoms with E-state index in [-0.39, 0.29) is 16.5 Å². The van der Waals surface area contributed by atoms with Crippen LogP contribution in [0.2, 0.25) is 5.15 Å². The van der Waals surface area contributed by atoms with Crippen molar-refractivity contribution in [2.75, 3.05) is 19.5 Å². The van der Waals surface area contributed by atoms with Gasteiger partial charge in [-0.15, -0.1) is 0 Å². The molecule has 0 spiro atoms. The van der Waals surface area contributed by atoms with Gasteiger partial charge in [-0.25, -0.2) is 14.2 Å². The third kappa shape index (κ3) is 3.34. The molecule has 0 aliphatic rings. The van der Waals surface area contributed by atoms with Gasteiger partial charge in [0.15, 0.2) is 11.6 Å². The number of methoxy groups -OCH3 is 1. The minimum atomic E-state index is -0.718. The number of hydrogen-bond donors (Lipinski definition) is 1. The summed E-state index contributed by atoms with van der Waals surface area (Å²) in [7, 11) is 2.68. The molecular formula is C10H14ClFN2O2. The van der Waals surface area contributed by atoms with Gasteiger partial charge in [0.25, 0.3) is 0 Å². The van der Waals surface area contributed by atoms with Gasteiger partial charge in [-0.1, -0.05) is 25.4 Å². The van der Waals surface area contributed by atoms with E-state index in [1.807, 2.05) is 13.8 Å². The van der Waals surface area contributed by atoms with Crippen LogP contribution in [0.5, 0.6) is 0 Å². The highest BCUT2D eigenvalue weighted by Gasteiger charge is 2.15. The largest absolute Gasteiger partial charge is 0.465 e. The summed E-state index contributed by atoms with van der Waals surface area (Å²) in [6, 6.07) is 0.979. The molecular weight excluding hydrogens is 235 g/mol. The minimum absolute atomic E-state index is 0.0114. The van der Waals surface area contributed by atoms with Crippen LogP contribution >= 0.6 is 11.6 Å². The molecule has 0 bridgehead atoms. The Morgan fingerprint density at radius 2 is 2.12 bits per heavy atom. The Morgan fingerprint density at radius 3 is 2.56 bits per heavy atom. The van der Waals surface area contributed by atoms with Gasteiger partial charge in [0.05, 0.1) is 7.11 Å². The number of halogens is 2. The van der Waals surface area contributed by atoms with E-state index in [1.54, 1.807) is 0 Å². The molecule has 0 aromatic carbocycles. The van der Waals surface area contributed by atoms with Crippen molar-refractivity contribution in [2.45, 2.75) is 13.8 Å². The summed E-state index contributed by atoms with van der Waals surface area (Å²) < 4.78 is 17.5. The highest BCUT2D eigenvalue weighted by atomic mass is 35.5. The lowest BCUT2D eigenvalue weighted by molar-refractivity contribution is 0.0600. The molecule has 16 heavy (non-hydrogen) atoms. The van der Waals surface area contributed by atoms with Crippen molar-refractivity contribution >= 4 is 23.4 Å². The molecule has 6 heteroatoms. The van der Waals surface area contributed by atoms with Crippen LogP contribution in [0.1, 0.15) is 24.2 Å². The number of nitrogens with zero attached hydrogens (tertiary/aromatic N) is 1. The van der Waals surface area contributed by atoms with Gasteiger partial charge in [-0.3, -0.25) is 0 Å². The average Bonchev–Trinajstić information content (AvgIpc) is 2.33. The Balaban J connectivity index is 0.00000106. The maximum atomic E-state index is 13.1. The van der Waals surface area contributed by atoms with Gasteiger partial charge in [0.2, 0.25) is 0 Å². The van der Waals surface area contributed by atoms with Crippen LogP contribution in [-0.2, 0) is 4.74 Å². The number of esters is 1. The lowest BCUT2D eigenvalue weighted by atomic mass is 10.3. The first kappa shape index (κ1) is 14.6. The normalized spacial score (nSPS) is 8.88. The fourth-order valence-electron chi connectivity index (χ4n) is 0.895. The number of hydrogen-bond acceptors (Lipinski definition) is 4. The summed E-state index contributed by atoms with van der Waals surface area (Å²) in [5.41, 5.74) is -0.0920. The van der Waals surface area contributed by atoms with Gasteiger partial charge in [-0.05, 0) is 6.07 Å². The van der Waals surface area contributed by atoms with Crippen molar-refractivity contribution in [3.8, 4) is 0 Å². The maximum Gasteiger partial charge on any atom is 0.341 e. The molecule has 0 unspecified atom stereocenters. The highest BCUT2D eigenvalue weighted by molar-refractivity contribution is 6.32. The van der Waals surface area contributed by atoms with Crippen LogP contribution < -0.4 is 5.32 Å². The van der Waals surface area contributed by atoms with Gasteiger partial charge < -0.3 is 10.1 Å². The van der Waals surface area contributed by atoms with Crippen LogP contribution in [-0.4, -0.2) is 25.1 Å². The average molecular weight is 249 g/mol. The molecule has 0 saturated carbocycles. The molecule has 1 N–H and O–H groups in total. The smallest absolute Gasteiger partial charge is 0.341 e. The van der Waals surface area contributed by atoms with Crippen LogP contribution in [0.15, 0.2) is 6.07 Å². The Hall–Kier alpha value is -1.36. The molecule has 0 saturated heterocycles. The maximum absolute atomic E-state index is 13.1. The van der Waals surface area contributed by atoms with E-state index in [0.29, 0.717) is 0 Å². The fourth-order valence-corrected chi connectivity index (χ4v) is 1.11. The first-order valence-electron chi connectivity index (χ1n) is 4.72. The van der Waals surface area contributed by atoms with Crippen LogP contribution in [0.4, 0.5) is 10.2 Å². The molecule has 0 radical (unpaired) electrons. The third-order valence-electron chi connectivity index (χ3n) is 1.57. The molecule has 1 aromatic rings. The fraction of sp³-hybridized carbons (Fsp3) is 0.400. The standard InChI is InChI=1S/C8H8ClFN2O2.C2H6/c1-11-7-5(10)3-4(6(9)12-7)8(13)14-2;1-2/h3H,1-2H3,(H,11,12);1-2H3. The third-order valence-corrected chi connectivity index (χ3v) is 1.86. The monoisotopic (exact) mass is 248 g/mol. The summed E-state index contributed by atoms with van der Waals surface area (Å²) in [4.78, 5) is 14.7. The molecule has 0 aliphatic carbocycles.